The lowest BCUT2D eigenvalue weighted by Gasteiger charge is -2.15. The SMILES string of the molecule is Cn1nnc(-c2cccc(NC(=O)CC(c3ccsc3)n3cnnn3)c2)n1. The number of carbonyl (C=O) groups excluding carboxylic acids is 1. The highest BCUT2D eigenvalue weighted by Gasteiger charge is 2.20. The summed E-state index contributed by atoms with van der Waals surface area (Å²) in [5, 5.41) is 30.1. The second kappa shape index (κ2) is 7.41. The minimum atomic E-state index is -0.268. The van der Waals surface area contributed by atoms with Crippen molar-refractivity contribution in [2.75, 3.05) is 5.32 Å². The maximum Gasteiger partial charge on any atom is 0.226 e. The van der Waals surface area contributed by atoms with Crippen LogP contribution < -0.4 is 5.32 Å². The molecule has 11 heteroatoms. The van der Waals surface area contributed by atoms with Gasteiger partial charge in [-0.05, 0) is 50.2 Å². The number of anilines is 1. The molecule has 136 valence electrons. The largest absolute Gasteiger partial charge is 0.326 e. The number of rotatable bonds is 6. The van der Waals surface area contributed by atoms with Gasteiger partial charge in [-0.25, -0.2) is 4.68 Å². The topological polar surface area (TPSA) is 116 Å². The lowest BCUT2D eigenvalue weighted by atomic mass is 10.1. The molecule has 0 saturated carbocycles. The number of thiophene rings is 1. The lowest BCUT2D eigenvalue weighted by Crippen LogP contribution is -2.20. The van der Waals surface area contributed by atoms with Crippen molar-refractivity contribution in [3.05, 3.63) is 53.0 Å². The molecule has 4 rings (SSSR count). The minimum Gasteiger partial charge on any atom is -0.326 e. The van der Waals surface area contributed by atoms with E-state index in [-0.39, 0.29) is 18.4 Å². The summed E-state index contributed by atoms with van der Waals surface area (Å²) in [6, 6.07) is 9.02. The van der Waals surface area contributed by atoms with Crippen LogP contribution in [0.2, 0.25) is 0 Å². The first kappa shape index (κ1) is 17.0. The molecular formula is C16H15N9OS. The minimum absolute atomic E-state index is 0.147. The summed E-state index contributed by atoms with van der Waals surface area (Å²) in [7, 11) is 1.70. The highest BCUT2D eigenvalue weighted by atomic mass is 32.1. The summed E-state index contributed by atoms with van der Waals surface area (Å²) in [6.45, 7) is 0. The molecule has 1 N–H and O–H groups in total. The molecule has 0 saturated heterocycles. The Labute approximate surface area is 157 Å². The zero-order valence-corrected chi connectivity index (χ0v) is 15.1. The Balaban J connectivity index is 1.50. The average Bonchev–Trinajstić information content (AvgIpc) is 3.42. The highest BCUT2D eigenvalue weighted by Crippen LogP contribution is 2.24. The molecule has 1 unspecified atom stereocenters. The Morgan fingerprint density at radius 2 is 2.22 bits per heavy atom. The second-order valence-corrected chi connectivity index (χ2v) is 6.58. The molecule has 27 heavy (non-hydrogen) atoms. The second-order valence-electron chi connectivity index (χ2n) is 5.80. The van der Waals surface area contributed by atoms with E-state index < -0.39 is 0 Å². The van der Waals surface area contributed by atoms with Crippen molar-refractivity contribution >= 4 is 22.9 Å². The van der Waals surface area contributed by atoms with Gasteiger partial charge in [0.25, 0.3) is 0 Å². The predicted molar refractivity (Wildman–Crippen MR) is 97.8 cm³/mol. The number of tetrazole rings is 2. The van der Waals surface area contributed by atoms with Gasteiger partial charge in [0.05, 0.1) is 19.5 Å². The fourth-order valence-corrected chi connectivity index (χ4v) is 3.37. The van der Waals surface area contributed by atoms with E-state index in [0.29, 0.717) is 11.5 Å². The van der Waals surface area contributed by atoms with Gasteiger partial charge in [0.2, 0.25) is 11.7 Å². The maximum atomic E-state index is 12.6. The van der Waals surface area contributed by atoms with Crippen LogP contribution in [-0.2, 0) is 11.8 Å². The Morgan fingerprint density at radius 1 is 1.30 bits per heavy atom. The molecule has 1 aromatic carbocycles. The summed E-state index contributed by atoms with van der Waals surface area (Å²) in [4.78, 5) is 14.0. The van der Waals surface area contributed by atoms with Crippen LogP contribution >= 0.6 is 11.3 Å². The van der Waals surface area contributed by atoms with E-state index >= 15 is 0 Å². The van der Waals surface area contributed by atoms with Gasteiger partial charge in [0, 0.05) is 11.3 Å². The molecule has 0 aliphatic rings. The van der Waals surface area contributed by atoms with Gasteiger partial charge in [-0.1, -0.05) is 12.1 Å². The van der Waals surface area contributed by atoms with E-state index in [0.717, 1.165) is 11.1 Å². The molecule has 0 radical (unpaired) electrons. The summed E-state index contributed by atoms with van der Waals surface area (Å²) in [5.41, 5.74) is 2.42. The third-order valence-corrected chi connectivity index (χ3v) is 4.61. The van der Waals surface area contributed by atoms with Crippen LogP contribution in [0.5, 0.6) is 0 Å². The van der Waals surface area contributed by atoms with Crippen molar-refractivity contribution in [1.82, 2.24) is 40.4 Å². The molecular weight excluding hydrogens is 366 g/mol. The molecule has 0 bridgehead atoms. The van der Waals surface area contributed by atoms with Crippen LogP contribution in [-0.4, -0.2) is 46.3 Å². The first-order valence-electron chi connectivity index (χ1n) is 8.08. The van der Waals surface area contributed by atoms with Crippen molar-refractivity contribution in [3.63, 3.8) is 0 Å². The van der Waals surface area contributed by atoms with Crippen molar-refractivity contribution in [3.8, 4) is 11.4 Å². The van der Waals surface area contributed by atoms with Crippen LogP contribution in [0.25, 0.3) is 11.4 Å². The summed E-state index contributed by atoms with van der Waals surface area (Å²) >= 11 is 1.56. The summed E-state index contributed by atoms with van der Waals surface area (Å²) in [6.07, 6.45) is 1.71. The molecule has 10 nitrogen and oxygen atoms in total. The molecule has 0 spiro atoms. The standard InChI is InChI=1S/C16H15N9OS/c1-24-20-16(19-22-24)11-3-2-4-13(7-11)18-15(26)8-14(12-5-6-27-9-12)25-10-17-21-23-25/h2-7,9-10,14H,8H2,1H3,(H,18,26). The van der Waals surface area contributed by atoms with Crippen LogP contribution in [0, 0.1) is 0 Å². The van der Waals surface area contributed by atoms with Gasteiger partial charge in [-0.2, -0.15) is 16.1 Å². The number of amides is 1. The van der Waals surface area contributed by atoms with Crippen molar-refractivity contribution in [2.45, 2.75) is 12.5 Å². The molecule has 3 heterocycles. The maximum absolute atomic E-state index is 12.6. The Hall–Kier alpha value is -3.47. The Bertz CT molecular complexity index is 992. The summed E-state index contributed by atoms with van der Waals surface area (Å²) in [5.74, 6) is 0.351. The molecule has 1 amide bonds. The molecule has 0 aliphatic carbocycles. The number of aromatic nitrogens is 8. The van der Waals surface area contributed by atoms with Crippen LogP contribution in [0.1, 0.15) is 18.0 Å². The van der Waals surface area contributed by atoms with Gasteiger partial charge in [-0.3, -0.25) is 4.79 Å². The van der Waals surface area contributed by atoms with E-state index in [9.17, 15) is 4.79 Å². The zero-order chi connectivity index (χ0) is 18.6. The predicted octanol–water partition coefficient (Wildman–Crippen LogP) is 1.54. The van der Waals surface area contributed by atoms with Crippen molar-refractivity contribution in [1.29, 1.82) is 0 Å². The van der Waals surface area contributed by atoms with Gasteiger partial charge in [0.1, 0.15) is 6.33 Å². The van der Waals surface area contributed by atoms with Crippen LogP contribution in [0.15, 0.2) is 47.4 Å². The number of aryl methyl sites for hydroxylation is 1. The summed E-state index contributed by atoms with van der Waals surface area (Å²) < 4.78 is 1.58. The number of hydrogen-bond donors (Lipinski definition) is 1. The van der Waals surface area contributed by atoms with E-state index in [4.69, 9.17) is 0 Å². The third kappa shape index (κ3) is 3.87. The quantitative estimate of drug-likeness (QED) is 0.538. The van der Waals surface area contributed by atoms with E-state index in [1.54, 1.807) is 23.1 Å². The van der Waals surface area contributed by atoms with E-state index in [1.807, 2.05) is 41.1 Å². The first-order valence-corrected chi connectivity index (χ1v) is 9.02. The molecule has 0 aliphatic heterocycles. The number of hydrogen-bond acceptors (Lipinski definition) is 8. The van der Waals surface area contributed by atoms with Crippen molar-refractivity contribution in [2.24, 2.45) is 7.05 Å². The molecule has 3 aromatic heterocycles. The smallest absolute Gasteiger partial charge is 0.226 e. The number of nitrogens with zero attached hydrogens (tertiary/aromatic N) is 8. The fraction of sp³-hybridized carbons (Fsp3) is 0.188. The van der Waals surface area contributed by atoms with Crippen molar-refractivity contribution < 1.29 is 4.79 Å². The van der Waals surface area contributed by atoms with Gasteiger partial charge < -0.3 is 5.32 Å². The lowest BCUT2D eigenvalue weighted by molar-refractivity contribution is -0.116. The zero-order valence-electron chi connectivity index (χ0n) is 14.3. The number of carbonyl (C=O) groups is 1. The van der Waals surface area contributed by atoms with Crippen LogP contribution in [0.3, 0.4) is 0 Å². The molecule has 4 aromatic rings. The van der Waals surface area contributed by atoms with Gasteiger partial charge >= 0.3 is 0 Å². The third-order valence-electron chi connectivity index (χ3n) is 3.90. The molecule has 0 fully saturated rings. The van der Waals surface area contributed by atoms with E-state index in [2.05, 4.69) is 36.3 Å². The average molecular weight is 381 g/mol. The Kier molecular flexibility index (Phi) is 4.66. The van der Waals surface area contributed by atoms with E-state index in [1.165, 1.54) is 11.1 Å². The number of nitrogens with one attached hydrogen (secondary N) is 1. The monoisotopic (exact) mass is 381 g/mol. The fourth-order valence-electron chi connectivity index (χ4n) is 2.66. The van der Waals surface area contributed by atoms with Crippen LogP contribution in [0.4, 0.5) is 5.69 Å². The molecule has 1 atom stereocenters. The first-order chi connectivity index (χ1) is 13.2. The Morgan fingerprint density at radius 3 is 2.93 bits per heavy atom. The van der Waals surface area contributed by atoms with Gasteiger partial charge in [0.15, 0.2) is 0 Å². The highest BCUT2D eigenvalue weighted by molar-refractivity contribution is 7.08. The van der Waals surface area contributed by atoms with Gasteiger partial charge in [-0.15, -0.1) is 15.3 Å². The normalized spacial score (nSPS) is 12.0. The number of benzene rings is 1.